The van der Waals surface area contributed by atoms with Crippen molar-refractivity contribution in [2.45, 2.75) is 58.2 Å². The highest BCUT2D eigenvalue weighted by Gasteiger charge is 2.28. The molecule has 0 radical (unpaired) electrons. The van der Waals surface area contributed by atoms with E-state index in [1.165, 1.54) is 29.7 Å². The number of aryl methyl sites for hydroxylation is 1. The molecule has 3 rings (SSSR count). The third kappa shape index (κ3) is 4.45. The summed E-state index contributed by atoms with van der Waals surface area (Å²) in [5.41, 5.74) is 1.63. The number of methoxy groups -OCH3 is 1. The average molecular weight is 381 g/mol. The van der Waals surface area contributed by atoms with Crippen molar-refractivity contribution in [3.05, 3.63) is 16.0 Å². The number of nitrogens with zero attached hydrogens (tertiary/aromatic N) is 1. The third-order valence-corrected chi connectivity index (χ3v) is 6.13. The third-order valence-electron chi connectivity index (χ3n) is 4.93. The number of amides is 1. The summed E-state index contributed by atoms with van der Waals surface area (Å²) in [6.45, 7) is 5.82. The van der Waals surface area contributed by atoms with Crippen LogP contribution in [0.5, 0.6) is 0 Å². The first-order valence-electron chi connectivity index (χ1n) is 9.38. The van der Waals surface area contributed by atoms with Crippen LogP contribution in [0.4, 0.5) is 5.00 Å². The fourth-order valence-corrected chi connectivity index (χ4v) is 5.23. The van der Waals surface area contributed by atoms with E-state index >= 15 is 0 Å². The molecular formula is C19H28N2O4S. The summed E-state index contributed by atoms with van der Waals surface area (Å²) in [5.74, 6) is -0.443. The number of carbonyl (C=O) groups is 2. The van der Waals surface area contributed by atoms with E-state index in [2.05, 4.69) is 10.2 Å². The summed E-state index contributed by atoms with van der Waals surface area (Å²) in [5, 5.41) is 3.62. The zero-order valence-electron chi connectivity index (χ0n) is 15.8. The fraction of sp³-hybridized carbons (Fsp3) is 0.684. The molecular weight excluding hydrogens is 352 g/mol. The molecule has 1 N–H and O–H groups in total. The second-order valence-electron chi connectivity index (χ2n) is 7.26. The molecule has 2 heterocycles. The lowest BCUT2D eigenvalue weighted by Gasteiger charge is -2.34. The van der Waals surface area contributed by atoms with Crippen LogP contribution in [0.3, 0.4) is 0 Å². The number of hydrogen-bond acceptors (Lipinski definition) is 6. The predicted octanol–water partition coefficient (Wildman–Crippen LogP) is 2.85. The second-order valence-corrected chi connectivity index (χ2v) is 8.36. The van der Waals surface area contributed by atoms with Crippen molar-refractivity contribution in [2.24, 2.45) is 0 Å². The maximum absolute atomic E-state index is 12.6. The topological polar surface area (TPSA) is 67.9 Å². The minimum Gasteiger partial charge on any atom is -0.465 e. The first-order valence-corrected chi connectivity index (χ1v) is 10.2. The Labute approximate surface area is 158 Å². The van der Waals surface area contributed by atoms with Crippen LogP contribution in [0.25, 0.3) is 0 Å². The Morgan fingerprint density at radius 3 is 2.58 bits per heavy atom. The molecule has 0 bridgehead atoms. The minimum atomic E-state index is -0.353. The largest absolute Gasteiger partial charge is 0.465 e. The Bertz CT molecular complexity index is 663. The molecule has 0 spiro atoms. The smallest absolute Gasteiger partial charge is 0.341 e. The standard InChI is InChI=1S/C19H28N2O4S/c1-12-9-21(10-13(2)25-12)11-16(22)20-18-17(19(23)24-3)14-7-5-4-6-8-15(14)26-18/h12-13H,4-11H2,1-3H3,(H,20,22)/t12-,13-/m0/s1. The molecule has 0 saturated carbocycles. The van der Waals surface area contributed by atoms with Crippen molar-refractivity contribution < 1.29 is 19.1 Å². The van der Waals surface area contributed by atoms with Gasteiger partial charge in [0.2, 0.25) is 5.91 Å². The van der Waals surface area contributed by atoms with E-state index in [0.717, 1.165) is 44.3 Å². The van der Waals surface area contributed by atoms with Crippen molar-refractivity contribution in [1.29, 1.82) is 0 Å². The molecule has 1 aliphatic carbocycles. The minimum absolute atomic E-state index is 0.0899. The van der Waals surface area contributed by atoms with Gasteiger partial charge < -0.3 is 14.8 Å². The number of rotatable bonds is 4. The Balaban J connectivity index is 1.74. The molecule has 0 aromatic carbocycles. The van der Waals surface area contributed by atoms with Crippen LogP contribution in [-0.2, 0) is 27.1 Å². The number of morpholine rings is 1. The molecule has 7 heteroatoms. The molecule has 1 aromatic heterocycles. The van der Waals surface area contributed by atoms with Gasteiger partial charge in [0, 0.05) is 18.0 Å². The van der Waals surface area contributed by atoms with Gasteiger partial charge in [0.05, 0.1) is 31.4 Å². The number of carbonyl (C=O) groups excluding carboxylic acids is 2. The van der Waals surface area contributed by atoms with E-state index in [4.69, 9.17) is 9.47 Å². The summed E-state index contributed by atoms with van der Waals surface area (Å²) >= 11 is 1.53. The maximum atomic E-state index is 12.6. The SMILES string of the molecule is COC(=O)c1c(NC(=O)CN2C[C@H](C)O[C@@H](C)C2)sc2c1CCCCC2. The first kappa shape index (κ1) is 19.3. The van der Waals surface area contributed by atoms with Gasteiger partial charge in [-0.3, -0.25) is 9.69 Å². The Morgan fingerprint density at radius 1 is 1.19 bits per heavy atom. The molecule has 1 aromatic rings. The molecule has 6 nitrogen and oxygen atoms in total. The van der Waals surface area contributed by atoms with Crippen LogP contribution in [0.2, 0.25) is 0 Å². The normalized spacial score (nSPS) is 23.8. The van der Waals surface area contributed by atoms with Crippen LogP contribution in [0, 0.1) is 0 Å². The molecule has 2 aliphatic rings. The molecule has 1 fully saturated rings. The lowest BCUT2D eigenvalue weighted by Crippen LogP contribution is -2.48. The van der Waals surface area contributed by atoms with Crippen LogP contribution < -0.4 is 5.32 Å². The number of esters is 1. The van der Waals surface area contributed by atoms with Gasteiger partial charge in [-0.25, -0.2) is 4.79 Å². The Morgan fingerprint density at radius 2 is 1.88 bits per heavy atom. The van der Waals surface area contributed by atoms with E-state index in [0.29, 0.717) is 17.1 Å². The molecule has 1 aliphatic heterocycles. The van der Waals surface area contributed by atoms with Crippen molar-refractivity contribution >= 4 is 28.2 Å². The van der Waals surface area contributed by atoms with E-state index < -0.39 is 0 Å². The van der Waals surface area contributed by atoms with Gasteiger partial charge >= 0.3 is 5.97 Å². The lowest BCUT2D eigenvalue weighted by atomic mass is 10.1. The number of fused-ring (bicyclic) bond motifs is 1. The van der Waals surface area contributed by atoms with Gasteiger partial charge in [-0.2, -0.15) is 0 Å². The molecule has 2 atom stereocenters. The number of thiophene rings is 1. The van der Waals surface area contributed by atoms with Crippen molar-refractivity contribution in [3.8, 4) is 0 Å². The Hall–Kier alpha value is -1.44. The van der Waals surface area contributed by atoms with Crippen molar-refractivity contribution in [2.75, 3.05) is 32.1 Å². The van der Waals surface area contributed by atoms with Gasteiger partial charge in [0.1, 0.15) is 5.00 Å². The van der Waals surface area contributed by atoms with Crippen LogP contribution in [-0.4, -0.2) is 55.7 Å². The van der Waals surface area contributed by atoms with Crippen LogP contribution in [0.1, 0.15) is 53.9 Å². The van der Waals surface area contributed by atoms with Crippen molar-refractivity contribution in [3.63, 3.8) is 0 Å². The molecule has 26 heavy (non-hydrogen) atoms. The average Bonchev–Trinajstić information content (AvgIpc) is 2.74. The van der Waals surface area contributed by atoms with Gasteiger partial charge in [-0.1, -0.05) is 6.42 Å². The highest BCUT2D eigenvalue weighted by Crippen LogP contribution is 2.37. The lowest BCUT2D eigenvalue weighted by molar-refractivity contribution is -0.121. The quantitative estimate of drug-likeness (QED) is 0.643. The van der Waals surface area contributed by atoms with E-state index in [1.807, 2.05) is 13.8 Å². The zero-order chi connectivity index (χ0) is 18.7. The summed E-state index contributed by atoms with van der Waals surface area (Å²) in [7, 11) is 1.39. The number of nitrogens with one attached hydrogen (secondary N) is 1. The molecule has 144 valence electrons. The molecule has 0 unspecified atom stereocenters. The van der Waals surface area contributed by atoms with Gasteiger partial charge in [-0.15, -0.1) is 11.3 Å². The summed E-state index contributed by atoms with van der Waals surface area (Å²) < 4.78 is 10.7. The fourth-order valence-electron chi connectivity index (χ4n) is 3.93. The van der Waals surface area contributed by atoms with Gasteiger partial charge in [0.15, 0.2) is 0 Å². The number of hydrogen-bond donors (Lipinski definition) is 1. The van der Waals surface area contributed by atoms with Crippen molar-refractivity contribution in [1.82, 2.24) is 4.90 Å². The van der Waals surface area contributed by atoms with Crippen LogP contribution >= 0.6 is 11.3 Å². The summed E-state index contributed by atoms with van der Waals surface area (Å²) in [6, 6.07) is 0. The maximum Gasteiger partial charge on any atom is 0.341 e. The monoisotopic (exact) mass is 380 g/mol. The zero-order valence-corrected chi connectivity index (χ0v) is 16.6. The van der Waals surface area contributed by atoms with E-state index in [9.17, 15) is 9.59 Å². The molecule has 1 amide bonds. The predicted molar refractivity (Wildman–Crippen MR) is 102 cm³/mol. The second kappa shape index (κ2) is 8.50. The number of ether oxygens (including phenoxy) is 2. The Kier molecular flexibility index (Phi) is 6.32. The van der Waals surface area contributed by atoms with E-state index in [-0.39, 0.29) is 24.1 Å². The van der Waals surface area contributed by atoms with E-state index in [1.54, 1.807) is 0 Å². The first-order chi connectivity index (χ1) is 12.5. The number of anilines is 1. The van der Waals surface area contributed by atoms with Gasteiger partial charge in [-0.05, 0) is 45.1 Å². The highest BCUT2D eigenvalue weighted by atomic mass is 32.1. The van der Waals surface area contributed by atoms with Gasteiger partial charge in [0.25, 0.3) is 0 Å². The highest BCUT2D eigenvalue weighted by molar-refractivity contribution is 7.17. The summed E-state index contributed by atoms with van der Waals surface area (Å²) in [6.07, 6.45) is 5.47. The van der Waals surface area contributed by atoms with Crippen LogP contribution in [0.15, 0.2) is 0 Å². The summed E-state index contributed by atoms with van der Waals surface area (Å²) in [4.78, 5) is 28.3. The molecule has 1 saturated heterocycles.